The molecule has 0 unspecified atom stereocenters. The summed E-state index contributed by atoms with van der Waals surface area (Å²) in [6.07, 6.45) is 0. The molecule has 0 radical (unpaired) electrons. The Balaban J connectivity index is 2.15. The Bertz CT molecular complexity index is 1310. The number of carbonyl (C=O) groups is 1. The normalized spacial score (nSPS) is 11.0. The molecule has 0 aliphatic heterocycles. The molecule has 3 rings (SSSR count). The van der Waals surface area contributed by atoms with Crippen LogP contribution in [-0.2, 0) is 10.0 Å². The molecule has 10 nitrogen and oxygen atoms in total. The van der Waals surface area contributed by atoms with Crippen molar-refractivity contribution in [3.05, 3.63) is 65.2 Å². The fraction of sp³-hybridized carbons (Fsp3) is 0.174. The molecule has 3 aromatic carbocycles. The standard InChI is InChI=1S/C23H22ClNO9S/c1-31-15-3-6-17(7-4-15)35(29,30)25-19-11-14(23(27)28)12-21(33-10-9-26)22(19)34-20-13-16(32-2)5-8-18(20)24/h3-8,11-13,25-26H,9-10H2,1-2H3,(H,27,28). The molecule has 186 valence electrons. The van der Waals surface area contributed by atoms with E-state index in [1.54, 1.807) is 6.07 Å². The first-order chi connectivity index (χ1) is 16.7. The van der Waals surface area contributed by atoms with Crippen LogP contribution in [0.5, 0.6) is 28.7 Å². The lowest BCUT2D eigenvalue weighted by atomic mass is 10.1. The number of ether oxygens (including phenoxy) is 4. The third-order valence-electron chi connectivity index (χ3n) is 4.62. The monoisotopic (exact) mass is 523 g/mol. The summed E-state index contributed by atoms with van der Waals surface area (Å²) in [5.41, 5.74) is -0.512. The molecular weight excluding hydrogens is 502 g/mol. The van der Waals surface area contributed by atoms with E-state index in [0.29, 0.717) is 11.5 Å². The second kappa shape index (κ2) is 11.2. The molecule has 0 aliphatic carbocycles. The number of rotatable bonds is 11. The van der Waals surface area contributed by atoms with Crippen LogP contribution in [-0.4, -0.2) is 52.0 Å². The van der Waals surface area contributed by atoms with Gasteiger partial charge in [-0.3, -0.25) is 4.72 Å². The van der Waals surface area contributed by atoms with E-state index in [9.17, 15) is 23.4 Å². The topological polar surface area (TPSA) is 141 Å². The number of aliphatic hydroxyl groups excluding tert-OH is 1. The lowest BCUT2D eigenvalue weighted by Gasteiger charge is -2.19. The van der Waals surface area contributed by atoms with Crippen LogP contribution in [0.4, 0.5) is 5.69 Å². The van der Waals surface area contributed by atoms with Crippen molar-refractivity contribution in [2.45, 2.75) is 4.90 Å². The zero-order valence-electron chi connectivity index (χ0n) is 18.6. The van der Waals surface area contributed by atoms with E-state index in [-0.39, 0.29) is 51.6 Å². The second-order valence-electron chi connectivity index (χ2n) is 6.91. The Morgan fingerprint density at radius 1 is 0.971 bits per heavy atom. The van der Waals surface area contributed by atoms with Gasteiger partial charge in [-0.1, -0.05) is 11.6 Å². The molecule has 0 fully saturated rings. The minimum Gasteiger partial charge on any atom is -0.497 e. The summed E-state index contributed by atoms with van der Waals surface area (Å²) < 4.78 is 50.2. The van der Waals surface area contributed by atoms with Crippen LogP contribution < -0.4 is 23.7 Å². The number of aromatic carboxylic acids is 1. The number of methoxy groups -OCH3 is 2. The fourth-order valence-corrected chi connectivity index (χ4v) is 4.14. The van der Waals surface area contributed by atoms with Gasteiger partial charge in [0.15, 0.2) is 11.5 Å². The zero-order valence-corrected chi connectivity index (χ0v) is 20.2. The van der Waals surface area contributed by atoms with Gasteiger partial charge in [-0.15, -0.1) is 0 Å². The van der Waals surface area contributed by atoms with Crippen molar-refractivity contribution in [2.75, 3.05) is 32.2 Å². The van der Waals surface area contributed by atoms with E-state index in [1.165, 1.54) is 50.6 Å². The van der Waals surface area contributed by atoms with Crippen molar-refractivity contribution in [3.8, 4) is 28.7 Å². The lowest BCUT2D eigenvalue weighted by Crippen LogP contribution is -2.15. The van der Waals surface area contributed by atoms with Crippen molar-refractivity contribution in [2.24, 2.45) is 0 Å². The number of aliphatic hydroxyl groups is 1. The van der Waals surface area contributed by atoms with Crippen LogP contribution in [0.2, 0.25) is 5.02 Å². The van der Waals surface area contributed by atoms with Gasteiger partial charge >= 0.3 is 5.97 Å². The summed E-state index contributed by atoms with van der Waals surface area (Å²) in [6.45, 7) is -0.598. The van der Waals surface area contributed by atoms with Crippen molar-refractivity contribution < 1.29 is 42.4 Å². The molecule has 0 spiro atoms. The highest BCUT2D eigenvalue weighted by Gasteiger charge is 2.24. The predicted octanol–water partition coefficient (Wildman–Crippen LogP) is 4.02. The number of anilines is 1. The molecule has 0 atom stereocenters. The van der Waals surface area contributed by atoms with Gasteiger partial charge in [-0.2, -0.15) is 0 Å². The number of benzene rings is 3. The van der Waals surface area contributed by atoms with Crippen LogP contribution in [0.15, 0.2) is 59.5 Å². The van der Waals surface area contributed by atoms with E-state index in [2.05, 4.69) is 4.72 Å². The predicted molar refractivity (Wildman–Crippen MR) is 128 cm³/mol. The molecule has 0 aromatic heterocycles. The summed E-state index contributed by atoms with van der Waals surface area (Å²) in [5.74, 6) is -0.693. The summed E-state index contributed by atoms with van der Waals surface area (Å²) in [7, 11) is -1.31. The summed E-state index contributed by atoms with van der Waals surface area (Å²) >= 11 is 6.25. The van der Waals surface area contributed by atoms with E-state index in [0.717, 1.165) is 12.1 Å². The fourth-order valence-electron chi connectivity index (χ4n) is 2.93. The van der Waals surface area contributed by atoms with Crippen LogP contribution in [0.1, 0.15) is 10.4 Å². The van der Waals surface area contributed by atoms with E-state index in [4.69, 9.17) is 30.5 Å². The molecule has 12 heteroatoms. The molecule has 0 bridgehead atoms. The number of nitrogens with one attached hydrogen (secondary N) is 1. The molecule has 3 aromatic rings. The lowest BCUT2D eigenvalue weighted by molar-refractivity contribution is 0.0696. The van der Waals surface area contributed by atoms with Crippen LogP contribution in [0.25, 0.3) is 0 Å². The Hall–Kier alpha value is -3.67. The molecule has 0 saturated heterocycles. The van der Waals surface area contributed by atoms with E-state index in [1.807, 2.05) is 0 Å². The first-order valence-corrected chi connectivity index (χ1v) is 11.9. The number of sulfonamides is 1. The largest absolute Gasteiger partial charge is 0.497 e. The van der Waals surface area contributed by atoms with Crippen molar-refractivity contribution >= 4 is 33.3 Å². The number of hydrogen-bond acceptors (Lipinski definition) is 8. The summed E-state index contributed by atoms with van der Waals surface area (Å²) in [6, 6.07) is 12.4. The third kappa shape index (κ3) is 6.27. The second-order valence-corrected chi connectivity index (χ2v) is 9.00. The Kier molecular flexibility index (Phi) is 8.28. The number of carboxylic acid groups (broad SMARTS) is 1. The molecule has 3 N–H and O–H groups in total. The van der Waals surface area contributed by atoms with Crippen LogP contribution in [0.3, 0.4) is 0 Å². The molecule has 0 amide bonds. The highest BCUT2D eigenvalue weighted by Crippen LogP contribution is 2.43. The van der Waals surface area contributed by atoms with E-state index < -0.39 is 16.0 Å². The average molecular weight is 524 g/mol. The number of hydrogen-bond donors (Lipinski definition) is 3. The van der Waals surface area contributed by atoms with Gasteiger partial charge in [0.1, 0.15) is 23.9 Å². The minimum atomic E-state index is -4.20. The van der Waals surface area contributed by atoms with Crippen molar-refractivity contribution in [1.29, 1.82) is 0 Å². The Labute approximate surface area is 206 Å². The van der Waals surface area contributed by atoms with Crippen molar-refractivity contribution in [3.63, 3.8) is 0 Å². The molecule has 0 aliphatic rings. The van der Waals surface area contributed by atoms with Gasteiger partial charge in [0, 0.05) is 6.07 Å². The van der Waals surface area contributed by atoms with Gasteiger partial charge < -0.3 is 29.2 Å². The SMILES string of the molecule is COc1ccc(S(=O)(=O)Nc2cc(C(=O)O)cc(OCCO)c2Oc2cc(OC)ccc2Cl)cc1. The molecular formula is C23H22ClNO9S. The van der Waals surface area contributed by atoms with E-state index >= 15 is 0 Å². The van der Waals surface area contributed by atoms with Crippen LogP contribution in [0, 0.1) is 0 Å². The van der Waals surface area contributed by atoms with Gasteiger partial charge in [-0.05, 0) is 48.5 Å². The first kappa shape index (κ1) is 25.9. The maximum Gasteiger partial charge on any atom is 0.335 e. The highest BCUT2D eigenvalue weighted by molar-refractivity contribution is 7.92. The highest BCUT2D eigenvalue weighted by atomic mass is 35.5. The zero-order chi connectivity index (χ0) is 25.6. The number of carboxylic acids is 1. The Morgan fingerprint density at radius 3 is 2.23 bits per heavy atom. The minimum absolute atomic E-state index is 0.0906. The van der Waals surface area contributed by atoms with Gasteiger partial charge in [-0.25, -0.2) is 13.2 Å². The quantitative estimate of drug-likeness (QED) is 0.340. The average Bonchev–Trinajstić information content (AvgIpc) is 2.84. The van der Waals surface area contributed by atoms with Crippen molar-refractivity contribution in [1.82, 2.24) is 0 Å². The van der Waals surface area contributed by atoms with Gasteiger partial charge in [0.25, 0.3) is 10.0 Å². The van der Waals surface area contributed by atoms with Gasteiger partial charge in [0.05, 0.1) is 42.0 Å². The maximum atomic E-state index is 13.1. The molecule has 0 heterocycles. The summed E-state index contributed by atoms with van der Waals surface area (Å²) in [4.78, 5) is 11.6. The third-order valence-corrected chi connectivity index (χ3v) is 6.31. The molecule has 0 saturated carbocycles. The maximum absolute atomic E-state index is 13.1. The van der Waals surface area contributed by atoms with Gasteiger partial charge in [0.2, 0.25) is 0 Å². The summed E-state index contributed by atoms with van der Waals surface area (Å²) in [5, 5.41) is 18.9. The number of halogens is 1. The smallest absolute Gasteiger partial charge is 0.335 e. The van der Waals surface area contributed by atoms with Crippen LogP contribution >= 0.6 is 11.6 Å². The first-order valence-electron chi connectivity index (χ1n) is 10.0. The Morgan fingerprint density at radius 2 is 1.63 bits per heavy atom. The molecule has 35 heavy (non-hydrogen) atoms.